The van der Waals surface area contributed by atoms with Gasteiger partial charge in [0.25, 0.3) is 0 Å². The molecule has 4 heterocycles. The predicted molar refractivity (Wildman–Crippen MR) is 120 cm³/mol. The molecular formula is C24H16F3N5O. The highest BCUT2D eigenvalue weighted by Gasteiger charge is 2.31. The summed E-state index contributed by atoms with van der Waals surface area (Å²) in [4.78, 5) is 26.6. The number of anilines is 1. The molecule has 9 heteroatoms. The number of nitrogens with one attached hydrogen (secondary N) is 3. The Hall–Kier alpha value is -4.40. The number of rotatable bonds is 4. The third kappa shape index (κ3) is 3.73. The van der Waals surface area contributed by atoms with Gasteiger partial charge in [-0.2, -0.15) is 13.2 Å². The standard InChI is InChI=1S/C24H16F3N5O/c1-2-21(33)32-16-8-13(7-15(10-16)24(25,26)27)14-9-19-20(12-31-23(19)30-11-14)17-3-5-28-22-18(17)4-6-29-22/h2-12H,1H2,(H,28,29)(H,30,31)(H,32,33). The van der Waals surface area contributed by atoms with Gasteiger partial charge in [-0.1, -0.05) is 6.58 Å². The highest BCUT2D eigenvalue weighted by molar-refractivity contribution is 6.04. The summed E-state index contributed by atoms with van der Waals surface area (Å²) in [7, 11) is 0. The van der Waals surface area contributed by atoms with E-state index in [1.54, 1.807) is 18.5 Å². The molecule has 0 aliphatic rings. The Morgan fingerprint density at radius 2 is 1.79 bits per heavy atom. The number of amides is 1. The van der Waals surface area contributed by atoms with Crippen LogP contribution in [-0.4, -0.2) is 25.8 Å². The Kier molecular flexibility index (Phi) is 4.74. The third-order valence-corrected chi connectivity index (χ3v) is 5.33. The summed E-state index contributed by atoms with van der Waals surface area (Å²) in [5.41, 5.74) is 2.97. The minimum Gasteiger partial charge on any atom is -0.346 e. The molecule has 5 rings (SSSR count). The maximum absolute atomic E-state index is 13.5. The monoisotopic (exact) mass is 447 g/mol. The molecule has 4 aromatic heterocycles. The van der Waals surface area contributed by atoms with E-state index in [-0.39, 0.29) is 11.3 Å². The summed E-state index contributed by atoms with van der Waals surface area (Å²) in [5, 5.41) is 4.07. The molecule has 0 unspecified atom stereocenters. The number of hydrogen-bond acceptors (Lipinski definition) is 3. The van der Waals surface area contributed by atoms with Crippen LogP contribution in [0.4, 0.5) is 18.9 Å². The van der Waals surface area contributed by atoms with Crippen molar-refractivity contribution < 1.29 is 18.0 Å². The van der Waals surface area contributed by atoms with Crippen LogP contribution in [0.1, 0.15) is 5.56 Å². The van der Waals surface area contributed by atoms with E-state index in [1.165, 1.54) is 12.3 Å². The number of pyridine rings is 2. The van der Waals surface area contributed by atoms with Crippen molar-refractivity contribution in [3.05, 3.63) is 79.4 Å². The summed E-state index contributed by atoms with van der Waals surface area (Å²) in [6, 6.07) is 8.96. The fourth-order valence-corrected chi connectivity index (χ4v) is 3.80. The topological polar surface area (TPSA) is 86.5 Å². The van der Waals surface area contributed by atoms with Crippen LogP contribution in [-0.2, 0) is 11.0 Å². The maximum atomic E-state index is 13.5. The van der Waals surface area contributed by atoms with Crippen LogP contribution >= 0.6 is 0 Å². The Balaban J connectivity index is 1.67. The Morgan fingerprint density at radius 1 is 0.970 bits per heavy atom. The summed E-state index contributed by atoms with van der Waals surface area (Å²) in [6.07, 6.45) is 3.20. The molecule has 3 N–H and O–H groups in total. The van der Waals surface area contributed by atoms with Gasteiger partial charge in [-0.15, -0.1) is 0 Å². The van der Waals surface area contributed by atoms with Crippen LogP contribution in [0, 0.1) is 0 Å². The van der Waals surface area contributed by atoms with Crippen LogP contribution in [0.5, 0.6) is 0 Å². The molecule has 164 valence electrons. The van der Waals surface area contributed by atoms with Gasteiger partial charge in [0, 0.05) is 52.4 Å². The van der Waals surface area contributed by atoms with E-state index in [4.69, 9.17) is 0 Å². The minimum atomic E-state index is -4.59. The van der Waals surface area contributed by atoms with Crippen molar-refractivity contribution in [1.29, 1.82) is 0 Å². The maximum Gasteiger partial charge on any atom is 0.416 e. The van der Waals surface area contributed by atoms with Crippen molar-refractivity contribution in [2.24, 2.45) is 0 Å². The summed E-state index contributed by atoms with van der Waals surface area (Å²) in [6.45, 7) is 3.34. The van der Waals surface area contributed by atoms with Crippen molar-refractivity contribution >= 4 is 33.7 Å². The number of benzene rings is 1. The molecule has 33 heavy (non-hydrogen) atoms. The summed E-state index contributed by atoms with van der Waals surface area (Å²) < 4.78 is 40.6. The number of H-pyrrole nitrogens is 2. The number of carbonyl (C=O) groups is 1. The molecule has 0 aliphatic heterocycles. The van der Waals surface area contributed by atoms with E-state index < -0.39 is 17.6 Å². The molecule has 0 aliphatic carbocycles. The lowest BCUT2D eigenvalue weighted by Crippen LogP contribution is -2.10. The van der Waals surface area contributed by atoms with Gasteiger partial charge in [0.05, 0.1) is 5.56 Å². The number of alkyl halides is 3. The molecule has 0 saturated carbocycles. The molecule has 0 saturated heterocycles. The van der Waals surface area contributed by atoms with Crippen molar-refractivity contribution in [3.63, 3.8) is 0 Å². The second-order valence-corrected chi connectivity index (χ2v) is 7.41. The number of halogens is 3. The lowest BCUT2D eigenvalue weighted by molar-refractivity contribution is -0.137. The first kappa shape index (κ1) is 20.5. The number of hydrogen-bond donors (Lipinski definition) is 3. The van der Waals surface area contributed by atoms with Gasteiger partial charge in [0.2, 0.25) is 5.91 Å². The highest BCUT2D eigenvalue weighted by Crippen LogP contribution is 2.37. The smallest absolute Gasteiger partial charge is 0.346 e. The number of aromatic nitrogens is 4. The van der Waals surface area contributed by atoms with E-state index in [2.05, 4.69) is 31.8 Å². The number of fused-ring (bicyclic) bond motifs is 2. The first-order valence-corrected chi connectivity index (χ1v) is 9.89. The molecule has 5 aromatic rings. The van der Waals surface area contributed by atoms with E-state index in [0.29, 0.717) is 11.2 Å². The molecule has 0 spiro atoms. The summed E-state index contributed by atoms with van der Waals surface area (Å²) in [5.74, 6) is -0.602. The van der Waals surface area contributed by atoms with Crippen molar-refractivity contribution in [2.45, 2.75) is 6.18 Å². The van der Waals surface area contributed by atoms with Crippen LogP contribution in [0.3, 0.4) is 0 Å². The number of nitrogens with zero attached hydrogens (tertiary/aromatic N) is 2. The van der Waals surface area contributed by atoms with Crippen molar-refractivity contribution in [1.82, 2.24) is 19.9 Å². The van der Waals surface area contributed by atoms with Gasteiger partial charge >= 0.3 is 6.18 Å². The predicted octanol–water partition coefficient (Wildman–Crippen LogP) is 5.92. The van der Waals surface area contributed by atoms with Crippen LogP contribution in [0.15, 0.2) is 73.8 Å². The average Bonchev–Trinajstić information content (AvgIpc) is 3.44. The van der Waals surface area contributed by atoms with Gasteiger partial charge in [-0.05, 0) is 53.6 Å². The highest BCUT2D eigenvalue weighted by atomic mass is 19.4. The van der Waals surface area contributed by atoms with E-state index >= 15 is 0 Å². The molecular weight excluding hydrogens is 431 g/mol. The Morgan fingerprint density at radius 3 is 2.58 bits per heavy atom. The normalized spacial score (nSPS) is 11.7. The number of carbonyl (C=O) groups excluding carboxylic acids is 1. The van der Waals surface area contributed by atoms with Gasteiger partial charge in [-0.25, -0.2) is 9.97 Å². The average molecular weight is 447 g/mol. The fraction of sp³-hybridized carbons (Fsp3) is 0.0417. The lowest BCUT2D eigenvalue weighted by Gasteiger charge is -2.13. The molecule has 0 atom stereocenters. The Bertz CT molecular complexity index is 1530. The zero-order valence-corrected chi connectivity index (χ0v) is 17.0. The largest absolute Gasteiger partial charge is 0.416 e. The Labute approximate surface area is 185 Å². The molecule has 0 bridgehead atoms. The number of aromatic amines is 2. The van der Waals surface area contributed by atoms with E-state index in [0.717, 1.165) is 45.8 Å². The summed E-state index contributed by atoms with van der Waals surface area (Å²) >= 11 is 0. The third-order valence-electron chi connectivity index (χ3n) is 5.33. The molecule has 0 radical (unpaired) electrons. The molecule has 0 fully saturated rings. The van der Waals surface area contributed by atoms with Crippen LogP contribution in [0.2, 0.25) is 0 Å². The zero-order chi connectivity index (χ0) is 23.2. The van der Waals surface area contributed by atoms with Crippen LogP contribution < -0.4 is 5.32 Å². The van der Waals surface area contributed by atoms with E-state index in [9.17, 15) is 18.0 Å². The SMILES string of the molecule is C=CC(=O)Nc1cc(-c2cnc3[nH]cc(-c4ccnc5[nH]ccc45)c3c2)cc(C(F)(F)F)c1. The lowest BCUT2D eigenvalue weighted by atomic mass is 9.99. The van der Waals surface area contributed by atoms with Gasteiger partial charge < -0.3 is 15.3 Å². The molecule has 6 nitrogen and oxygen atoms in total. The van der Waals surface area contributed by atoms with Crippen molar-refractivity contribution in [3.8, 4) is 22.3 Å². The zero-order valence-electron chi connectivity index (χ0n) is 17.0. The fourth-order valence-electron chi connectivity index (χ4n) is 3.80. The second-order valence-electron chi connectivity index (χ2n) is 7.41. The van der Waals surface area contributed by atoms with E-state index in [1.807, 2.05) is 18.3 Å². The van der Waals surface area contributed by atoms with Crippen LogP contribution in [0.25, 0.3) is 44.3 Å². The molecule has 1 amide bonds. The van der Waals surface area contributed by atoms with Gasteiger partial charge in [0.15, 0.2) is 0 Å². The quantitative estimate of drug-likeness (QED) is 0.299. The first-order valence-electron chi connectivity index (χ1n) is 9.89. The second kappa shape index (κ2) is 7.63. The minimum absolute atomic E-state index is 0.0160. The molecule has 1 aromatic carbocycles. The van der Waals surface area contributed by atoms with Crippen molar-refractivity contribution in [2.75, 3.05) is 5.32 Å². The first-order chi connectivity index (χ1) is 15.8. The van der Waals surface area contributed by atoms with Gasteiger partial charge in [0.1, 0.15) is 11.3 Å². The van der Waals surface area contributed by atoms with Gasteiger partial charge in [-0.3, -0.25) is 4.79 Å².